The van der Waals surface area contributed by atoms with E-state index in [9.17, 15) is 44.1 Å². The number of aryl methyl sites for hydroxylation is 1. The number of nitrogens with one attached hydrogen (secondary N) is 1. The zero-order chi connectivity index (χ0) is 45.1. The zero-order valence-corrected chi connectivity index (χ0v) is 40.3. The van der Waals surface area contributed by atoms with Crippen molar-refractivity contribution in [1.29, 1.82) is 0 Å². The van der Waals surface area contributed by atoms with Crippen molar-refractivity contribution >= 4 is 55.2 Å². The number of carbonyl (C=O) groups is 6. The number of unbranched alkanes of at least 4 members (excludes halogenated alkanes) is 2. The molecular formula is C45H67GaN8O10. The van der Waals surface area contributed by atoms with Gasteiger partial charge in [-0.05, 0) is 98.9 Å². The second kappa shape index (κ2) is 23.8. The number of carboxylic acids is 3. The van der Waals surface area contributed by atoms with Crippen LogP contribution in [0.25, 0.3) is 0 Å². The van der Waals surface area contributed by atoms with Gasteiger partial charge in [-0.15, -0.1) is 5.10 Å². The van der Waals surface area contributed by atoms with Crippen LogP contribution in [0.2, 0.25) is 0 Å². The number of hydrogen-bond acceptors (Lipinski definition) is 16. The molecule has 1 saturated heterocycles. The second-order valence-corrected chi connectivity index (χ2v) is 19.2. The van der Waals surface area contributed by atoms with Gasteiger partial charge in [-0.2, -0.15) is 0 Å². The molecule has 19 heteroatoms. The number of rotatable bonds is 19. The summed E-state index contributed by atoms with van der Waals surface area (Å²) in [7, 11) is 0. The molecule has 6 rings (SSSR count). The number of fused-ring (bicyclic) bond motifs is 5. The summed E-state index contributed by atoms with van der Waals surface area (Å²) in [6.45, 7) is 7.07. The van der Waals surface area contributed by atoms with E-state index >= 15 is 0 Å². The number of ether oxygens (including phenoxy) is 1. The summed E-state index contributed by atoms with van der Waals surface area (Å²) in [6, 6.07) is 0. The summed E-state index contributed by atoms with van der Waals surface area (Å²) >= 11 is 0. The van der Waals surface area contributed by atoms with Gasteiger partial charge in [0.05, 0.1) is 37.2 Å². The minimum Gasteiger partial charge on any atom is -0.549 e. The molecule has 1 N–H and O–H groups in total. The van der Waals surface area contributed by atoms with Gasteiger partial charge in [0.2, 0.25) is 5.91 Å². The predicted molar refractivity (Wildman–Crippen MR) is 228 cm³/mol. The molecule has 0 radical (unpaired) electrons. The predicted octanol–water partition coefficient (Wildman–Crippen LogP) is -2.11. The van der Waals surface area contributed by atoms with Gasteiger partial charge in [0.15, 0.2) is 11.6 Å². The molecule has 0 bridgehead atoms. The largest absolute Gasteiger partial charge is 3.00 e. The van der Waals surface area contributed by atoms with Crippen LogP contribution in [0.5, 0.6) is 0 Å². The van der Waals surface area contributed by atoms with E-state index in [0.29, 0.717) is 56.1 Å². The third kappa shape index (κ3) is 13.8. The molecule has 6 atom stereocenters. The Bertz CT molecular complexity index is 1800. The fraction of sp³-hybridized carbons (Fsp3) is 0.778. The molecular weight excluding hydrogens is 882 g/mol. The third-order valence-corrected chi connectivity index (χ3v) is 15.2. The van der Waals surface area contributed by atoms with Gasteiger partial charge >= 0.3 is 19.8 Å². The Hall–Kier alpha value is -3.46. The van der Waals surface area contributed by atoms with Gasteiger partial charge in [-0.25, -0.2) is 0 Å². The number of hydrogen-bond donors (Lipinski definition) is 1. The maximum atomic E-state index is 13.6. The van der Waals surface area contributed by atoms with Crippen molar-refractivity contribution in [3.05, 3.63) is 23.5 Å². The summed E-state index contributed by atoms with van der Waals surface area (Å²) < 4.78 is 7.68. The van der Waals surface area contributed by atoms with Crippen LogP contribution in [0, 0.1) is 34.5 Å². The number of carbonyl (C=O) groups excluding carboxylic acids is 6. The molecule has 6 unspecified atom stereocenters. The molecule has 4 aliphatic carbocycles. The minimum absolute atomic E-state index is 0. The number of carboxylic acid groups (broad SMARTS) is 3. The first-order valence-electron chi connectivity index (χ1n) is 23.1. The number of nitrogens with zero attached hydrogens (tertiary/aromatic N) is 7. The maximum Gasteiger partial charge on any atom is 3.00 e. The Morgan fingerprint density at radius 2 is 1.34 bits per heavy atom. The van der Waals surface area contributed by atoms with Gasteiger partial charge in [0.1, 0.15) is 12.3 Å². The smallest absolute Gasteiger partial charge is 0.549 e. The Kier molecular flexibility index (Phi) is 19.2. The molecule has 1 aromatic heterocycles. The van der Waals surface area contributed by atoms with Crippen molar-refractivity contribution < 1.29 is 48.8 Å². The molecule has 0 aromatic carbocycles. The van der Waals surface area contributed by atoms with Gasteiger partial charge in [-0.3, -0.25) is 38.7 Å². The summed E-state index contributed by atoms with van der Waals surface area (Å²) in [5.74, 6) is -1.76. The van der Waals surface area contributed by atoms with E-state index < -0.39 is 17.9 Å². The van der Waals surface area contributed by atoms with E-state index in [2.05, 4.69) is 29.5 Å². The first-order chi connectivity index (χ1) is 30.1. The number of aromatic nitrogens is 3. The molecule has 2 heterocycles. The van der Waals surface area contributed by atoms with Crippen molar-refractivity contribution in [2.45, 2.75) is 97.6 Å². The first kappa shape index (κ1) is 51.5. The Labute approximate surface area is 389 Å². The quantitative estimate of drug-likeness (QED) is 0.115. The zero-order valence-electron chi connectivity index (χ0n) is 37.8. The van der Waals surface area contributed by atoms with Crippen LogP contribution in [0.3, 0.4) is 0 Å². The SMILES string of the molecule is CC12CCC(=O)C=C1CCC1C2CCC2(C)C(C(=O)COCCCCCn3cc(CNC(=O)CN4CCN(CC(=O)[O-])CCN(CC(=O)[O-])CCN(CC(=O)[O-])CC4)nn3)CCC12.[Ga+3]. The van der Waals surface area contributed by atoms with Gasteiger partial charge in [0, 0.05) is 97.5 Å². The summed E-state index contributed by atoms with van der Waals surface area (Å²) in [5.41, 5.74) is 2.13. The van der Waals surface area contributed by atoms with Gasteiger partial charge < -0.3 is 39.8 Å². The molecule has 350 valence electrons. The average molecular weight is 950 g/mol. The number of aliphatic carboxylic acids is 3. The van der Waals surface area contributed by atoms with Crippen LogP contribution in [0.15, 0.2) is 17.8 Å². The fourth-order valence-corrected chi connectivity index (χ4v) is 11.8. The Morgan fingerprint density at radius 1 is 0.750 bits per heavy atom. The van der Waals surface area contributed by atoms with Crippen LogP contribution in [0.1, 0.15) is 90.2 Å². The maximum absolute atomic E-state index is 13.6. The first-order valence-corrected chi connectivity index (χ1v) is 23.1. The molecule has 18 nitrogen and oxygen atoms in total. The molecule has 1 amide bonds. The number of amides is 1. The van der Waals surface area contributed by atoms with Crippen LogP contribution >= 0.6 is 0 Å². The van der Waals surface area contributed by atoms with Crippen molar-refractivity contribution in [2.24, 2.45) is 34.5 Å². The molecule has 64 heavy (non-hydrogen) atoms. The van der Waals surface area contributed by atoms with E-state index in [1.165, 1.54) is 5.57 Å². The molecule has 3 saturated carbocycles. The van der Waals surface area contributed by atoms with E-state index in [-0.39, 0.29) is 133 Å². The van der Waals surface area contributed by atoms with Crippen molar-refractivity contribution in [3.63, 3.8) is 0 Å². The van der Waals surface area contributed by atoms with Gasteiger partial charge in [0.25, 0.3) is 0 Å². The molecule has 1 aromatic rings. The number of allylic oxidation sites excluding steroid dienone is 1. The van der Waals surface area contributed by atoms with E-state index in [0.717, 1.165) is 64.2 Å². The second-order valence-electron chi connectivity index (χ2n) is 19.2. The fourth-order valence-electron chi connectivity index (χ4n) is 11.8. The standard InChI is InChI=1S/C45H70N8O10.Ga/c1-44-12-10-34(54)24-32(44)6-7-35-36-8-9-38(45(36,2)13-11-37(35)44)39(55)31-63-23-5-3-4-14-53-26-33(47-48-53)25-46-40(56)27-49-15-17-50(28-41(57)58)19-21-52(30-43(61)62)22-20-51(18-16-49)29-42(59)60;/h24,26,35-38H,3-23,25,27-31H2,1-2H3,(H,46,56)(H,57,58)(H,59,60)(H,61,62);/q;+3/p-3. The monoisotopic (exact) mass is 948 g/mol. The molecule has 0 spiro atoms. The third-order valence-electron chi connectivity index (χ3n) is 15.2. The van der Waals surface area contributed by atoms with Crippen LogP contribution in [0.4, 0.5) is 0 Å². The van der Waals surface area contributed by atoms with Crippen LogP contribution in [-0.2, 0) is 46.6 Å². The van der Waals surface area contributed by atoms with E-state index in [4.69, 9.17) is 4.74 Å². The average Bonchev–Trinajstić information content (AvgIpc) is 3.84. The van der Waals surface area contributed by atoms with Crippen molar-refractivity contribution in [3.8, 4) is 0 Å². The number of ketones is 2. The normalized spacial score (nSPS) is 28.6. The van der Waals surface area contributed by atoms with Crippen molar-refractivity contribution in [1.82, 2.24) is 39.9 Å². The summed E-state index contributed by atoms with van der Waals surface area (Å²) in [4.78, 5) is 79.7. The van der Waals surface area contributed by atoms with Gasteiger partial charge in [-0.1, -0.05) is 24.6 Å². The number of Topliss-reactive ketones (excluding diaryl/α,β-unsaturated/α-hetero) is 1. The van der Waals surface area contributed by atoms with Crippen molar-refractivity contribution in [2.75, 3.05) is 91.8 Å². The van der Waals surface area contributed by atoms with Crippen LogP contribution in [-0.4, -0.2) is 182 Å². The summed E-state index contributed by atoms with van der Waals surface area (Å²) in [6.07, 6.45) is 14.4. The molecule has 4 fully saturated rings. The summed E-state index contributed by atoms with van der Waals surface area (Å²) in [5, 5.41) is 45.5. The minimum atomic E-state index is -1.29. The Balaban J connectivity index is 0.00000771. The van der Waals surface area contributed by atoms with E-state index in [1.807, 2.05) is 11.0 Å². The Morgan fingerprint density at radius 3 is 1.94 bits per heavy atom. The van der Waals surface area contributed by atoms with E-state index in [1.54, 1.807) is 25.6 Å². The molecule has 5 aliphatic rings. The van der Waals surface area contributed by atoms with Crippen LogP contribution < -0.4 is 20.6 Å². The topological polar surface area (TPSA) is 237 Å². The molecule has 1 aliphatic heterocycles.